The maximum Gasteiger partial charge on any atom is 0.321 e. The van der Waals surface area contributed by atoms with E-state index in [9.17, 15) is 0 Å². The van der Waals surface area contributed by atoms with E-state index >= 15 is 0 Å². The minimum Gasteiger partial charge on any atom is -0.376 e. The van der Waals surface area contributed by atoms with E-state index in [1.165, 1.54) is 0 Å². The molecular formula is C13H15N3O2. The number of nitrogens with one attached hydrogen (secondary N) is 1. The molecule has 1 N–H and O–H groups in total. The second-order valence-electron chi connectivity index (χ2n) is 4.31. The molecule has 5 heteroatoms. The highest BCUT2D eigenvalue weighted by atomic mass is 16.5. The fourth-order valence-electron chi connectivity index (χ4n) is 2.01. The molecule has 3 rings (SSSR count). The zero-order valence-electron chi connectivity index (χ0n) is 10.0. The molecule has 0 saturated carbocycles. The predicted molar refractivity (Wildman–Crippen MR) is 67.2 cm³/mol. The maximum atomic E-state index is 5.51. The lowest BCUT2D eigenvalue weighted by Crippen LogP contribution is -2.18. The molecule has 1 saturated heterocycles. The number of hydrogen-bond donors (Lipinski definition) is 1. The van der Waals surface area contributed by atoms with E-state index in [0.717, 1.165) is 31.6 Å². The molecule has 0 aliphatic carbocycles. The zero-order chi connectivity index (χ0) is 12.2. The summed E-state index contributed by atoms with van der Waals surface area (Å²) in [6.07, 6.45) is 2.48. The number of hydrogen-bond acceptors (Lipinski definition) is 5. The van der Waals surface area contributed by atoms with E-state index < -0.39 is 0 Å². The summed E-state index contributed by atoms with van der Waals surface area (Å²) in [5.74, 6) is 0.602. The first kappa shape index (κ1) is 11.2. The highest BCUT2D eigenvalue weighted by Crippen LogP contribution is 2.18. The van der Waals surface area contributed by atoms with Crippen LogP contribution in [0.3, 0.4) is 0 Å². The van der Waals surface area contributed by atoms with Gasteiger partial charge in [-0.05, 0) is 12.8 Å². The van der Waals surface area contributed by atoms with Gasteiger partial charge in [-0.3, -0.25) is 0 Å². The van der Waals surface area contributed by atoms with Gasteiger partial charge in [-0.1, -0.05) is 35.5 Å². The Kier molecular flexibility index (Phi) is 3.23. The molecule has 2 aromatic rings. The van der Waals surface area contributed by atoms with Crippen molar-refractivity contribution in [3.63, 3.8) is 0 Å². The monoisotopic (exact) mass is 245 g/mol. The summed E-state index contributed by atoms with van der Waals surface area (Å²) in [4.78, 5) is 4.30. The smallest absolute Gasteiger partial charge is 0.321 e. The van der Waals surface area contributed by atoms with Crippen molar-refractivity contribution >= 4 is 6.01 Å². The summed E-state index contributed by atoms with van der Waals surface area (Å²) in [7, 11) is 0. The quantitative estimate of drug-likeness (QED) is 0.895. The van der Waals surface area contributed by atoms with Gasteiger partial charge in [-0.15, -0.1) is 0 Å². The highest BCUT2D eigenvalue weighted by Gasteiger charge is 2.16. The second-order valence-corrected chi connectivity index (χ2v) is 4.31. The van der Waals surface area contributed by atoms with Crippen molar-refractivity contribution in [3.8, 4) is 11.4 Å². The lowest BCUT2D eigenvalue weighted by atomic mass is 10.2. The molecule has 1 atom stereocenters. The molecule has 0 radical (unpaired) electrons. The Hall–Kier alpha value is -1.88. The molecule has 2 heterocycles. The molecule has 5 nitrogen and oxygen atoms in total. The van der Waals surface area contributed by atoms with Crippen LogP contribution in [-0.2, 0) is 4.74 Å². The molecule has 1 aliphatic rings. The van der Waals surface area contributed by atoms with Gasteiger partial charge in [0.1, 0.15) is 0 Å². The van der Waals surface area contributed by atoms with Gasteiger partial charge in [0.25, 0.3) is 0 Å². The average molecular weight is 245 g/mol. The van der Waals surface area contributed by atoms with Gasteiger partial charge in [-0.25, -0.2) is 0 Å². The van der Waals surface area contributed by atoms with Crippen LogP contribution in [0.5, 0.6) is 0 Å². The van der Waals surface area contributed by atoms with Crippen molar-refractivity contribution in [2.75, 3.05) is 18.5 Å². The number of ether oxygens (including phenoxy) is 1. The Labute approximate surface area is 105 Å². The van der Waals surface area contributed by atoms with E-state index in [0.29, 0.717) is 11.8 Å². The minimum absolute atomic E-state index is 0.261. The van der Waals surface area contributed by atoms with Crippen LogP contribution in [0.4, 0.5) is 6.01 Å². The SMILES string of the molecule is c1ccc(-c2noc(NC[C@H]3CCCO3)n2)cc1. The molecule has 0 amide bonds. The molecule has 94 valence electrons. The third-order valence-electron chi connectivity index (χ3n) is 2.96. The molecule has 1 fully saturated rings. The Balaban J connectivity index is 1.63. The van der Waals surface area contributed by atoms with E-state index in [2.05, 4.69) is 15.5 Å². The van der Waals surface area contributed by atoms with Gasteiger partial charge in [-0.2, -0.15) is 4.98 Å². The fraction of sp³-hybridized carbons (Fsp3) is 0.385. The van der Waals surface area contributed by atoms with E-state index in [1.807, 2.05) is 30.3 Å². The molecule has 0 bridgehead atoms. The van der Waals surface area contributed by atoms with Crippen LogP contribution in [0, 0.1) is 0 Å². The largest absolute Gasteiger partial charge is 0.376 e. The summed E-state index contributed by atoms with van der Waals surface area (Å²) in [5, 5.41) is 7.05. The van der Waals surface area contributed by atoms with Crippen LogP contribution < -0.4 is 5.32 Å². The van der Waals surface area contributed by atoms with Crippen LogP contribution in [0.1, 0.15) is 12.8 Å². The lowest BCUT2D eigenvalue weighted by Gasteiger charge is -2.07. The van der Waals surface area contributed by atoms with Gasteiger partial charge in [0.2, 0.25) is 5.82 Å². The summed E-state index contributed by atoms with van der Waals surface area (Å²) >= 11 is 0. The second kappa shape index (κ2) is 5.18. The number of benzene rings is 1. The van der Waals surface area contributed by atoms with Crippen molar-refractivity contribution in [2.24, 2.45) is 0 Å². The Morgan fingerprint density at radius 2 is 2.17 bits per heavy atom. The third-order valence-corrected chi connectivity index (χ3v) is 2.96. The number of aromatic nitrogens is 2. The summed E-state index contributed by atoms with van der Waals surface area (Å²) < 4.78 is 10.7. The van der Waals surface area contributed by atoms with Crippen molar-refractivity contribution in [2.45, 2.75) is 18.9 Å². The van der Waals surface area contributed by atoms with Crippen LogP contribution in [0.15, 0.2) is 34.9 Å². The highest BCUT2D eigenvalue weighted by molar-refractivity contribution is 5.54. The predicted octanol–water partition coefficient (Wildman–Crippen LogP) is 2.33. The van der Waals surface area contributed by atoms with Gasteiger partial charge in [0.15, 0.2) is 0 Å². The normalized spacial score (nSPS) is 19.0. The number of rotatable bonds is 4. The number of nitrogens with zero attached hydrogens (tertiary/aromatic N) is 2. The van der Waals surface area contributed by atoms with Crippen LogP contribution in [0.25, 0.3) is 11.4 Å². The Morgan fingerprint density at radius 3 is 2.94 bits per heavy atom. The number of anilines is 1. The van der Waals surface area contributed by atoms with Gasteiger partial charge >= 0.3 is 6.01 Å². The van der Waals surface area contributed by atoms with Crippen LogP contribution in [-0.4, -0.2) is 29.4 Å². The first-order valence-corrected chi connectivity index (χ1v) is 6.16. The third kappa shape index (κ3) is 2.51. The van der Waals surface area contributed by atoms with Gasteiger partial charge in [0.05, 0.1) is 6.10 Å². The molecular weight excluding hydrogens is 230 g/mol. The first-order valence-electron chi connectivity index (χ1n) is 6.16. The van der Waals surface area contributed by atoms with Gasteiger partial charge < -0.3 is 14.6 Å². The van der Waals surface area contributed by atoms with Crippen molar-refractivity contribution in [1.29, 1.82) is 0 Å². The van der Waals surface area contributed by atoms with Crippen LogP contribution >= 0.6 is 0 Å². The topological polar surface area (TPSA) is 60.2 Å². The van der Waals surface area contributed by atoms with E-state index in [4.69, 9.17) is 9.26 Å². The summed E-state index contributed by atoms with van der Waals surface area (Å²) in [6, 6.07) is 10.2. The average Bonchev–Trinajstić information content (AvgIpc) is 3.09. The molecule has 18 heavy (non-hydrogen) atoms. The van der Waals surface area contributed by atoms with Crippen molar-refractivity contribution < 1.29 is 9.26 Å². The summed E-state index contributed by atoms with van der Waals surface area (Å²) in [5.41, 5.74) is 0.950. The van der Waals surface area contributed by atoms with Crippen molar-refractivity contribution in [1.82, 2.24) is 10.1 Å². The van der Waals surface area contributed by atoms with Crippen molar-refractivity contribution in [3.05, 3.63) is 30.3 Å². The maximum absolute atomic E-state index is 5.51. The Bertz CT molecular complexity index is 492. The van der Waals surface area contributed by atoms with E-state index in [1.54, 1.807) is 0 Å². The zero-order valence-corrected chi connectivity index (χ0v) is 10.0. The van der Waals surface area contributed by atoms with Crippen LogP contribution in [0.2, 0.25) is 0 Å². The first-order chi connectivity index (χ1) is 8.92. The molecule has 1 aliphatic heterocycles. The van der Waals surface area contributed by atoms with Gasteiger partial charge in [0, 0.05) is 18.7 Å². The Morgan fingerprint density at radius 1 is 1.28 bits per heavy atom. The fourth-order valence-corrected chi connectivity index (χ4v) is 2.01. The lowest BCUT2D eigenvalue weighted by molar-refractivity contribution is 0.120. The molecule has 1 aromatic heterocycles. The summed E-state index contributed by atoms with van der Waals surface area (Å²) in [6.45, 7) is 1.57. The minimum atomic E-state index is 0.261. The molecule has 0 unspecified atom stereocenters. The van der Waals surface area contributed by atoms with E-state index in [-0.39, 0.29) is 6.10 Å². The molecule has 0 spiro atoms. The standard InChI is InChI=1S/C13H15N3O2/c1-2-5-10(6-3-1)12-15-13(18-16-12)14-9-11-7-4-8-17-11/h1-3,5-6,11H,4,7-9H2,(H,14,15,16)/t11-/m1/s1. The molecule has 1 aromatic carbocycles.